The molecule has 2 N–H and O–H groups in total. The van der Waals surface area contributed by atoms with E-state index in [9.17, 15) is 9.59 Å². The van der Waals surface area contributed by atoms with Gasteiger partial charge >= 0.3 is 0 Å². The minimum absolute atomic E-state index is 0.161. The van der Waals surface area contributed by atoms with Gasteiger partial charge in [-0.2, -0.15) is 0 Å². The molecule has 4 rings (SSSR count). The number of fused-ring (bicyclic) bond motifs is 1. The predicted octanol–water partition coefficient (Wildman–Crippen LogP) is 3.85. The summed E-state index contributed by atoms with van der Waals surface area (Å²) in [7, 11) is 0. The highest BCUT2D eigenvalue weighted by Gasteiger charge is 2.22. The molecule has 1 unspecified atom stereocenters. The van der Waals surface area contributed by atoms with Crippen LogP contribution in [0.3, 0.4) is 0 Å². The molecule has 2 aromatic heterocycles. The third kappa shape index (κ3) is 5.44. The third-order valence-electron chi connectivity index (χ3n) is 5.57. The number of benzene rings is 1. The number of carbonyl (C=O) groups excluding carboxylic acids is 2. The van der Waals surface area contributed by atoms with Crippen LogP contribution in [0.15, 0.2) is 42.0 Å². The second kappa shape index (κ2) is 9.96. The molecule has 2 amide bonds. The molecule has 1 saturated heterocycles. The molecule has 3 heterocycles. The van der Waals surface area contributed by atoms with E-state index in [2.05, 4.69) is 33.5 Å². The van der Waals surface area contributed by atoms with Crippen molar-refractivity contribution in [1.29, 1.82) is 0 Å². The van der Waals surface area contributed by atoms with Crippen LogP contribution in [-0.2, 0) is 16.0 Å². The van der Waals surface area contributed by atoms with Crippen molar-refractivity contribution in [3.63, 3.8) is 0 Å². The monoisotopic (exact) mass is 439 g/mol. The Morgan fingerprint density at radius 1 is 1.26 bits per heavy atom. The number of hydrogen-bond donors (Lipinski definition) is 2. The fourth-order valence-corrected chi connectivity index (χ4v) is 4.65. The van der Waals surface area contributed by atoms with Gasteiger partial charge in [-0.25, -0.2) is 4.98 Å². The van der Waals surface area contributed by atoms with E-state index >= 15 is 0 Å². The molecule has 0 aliphatic carbocycles. The van der Waals surface area contributed by atoms with Crippen LogP contribution in [0.2, 0.25) is 0 Å². The van der Waals surface area contributed by atoms with Gasteiger partial charge in [0.15, 0.2) is 4.96 Å². The van der Waals surface area contributed by atoms with Crippen LogP contribution < -0.4 is 15.5 Å². The molecule has 1 aromatic carbocycles. The van der Waals surface area contributed by atoms with Gasteiger partial charge in [0.1, 0.15) is 6.04 Å². The Hall–Kier alpha value is -2.87. The number of unbranched alkanes of at least 4 members (excludes halogenated alkanes) is 1. The Morgan fingerprint density at radius 2 is 2.10 bits per heavy atom. The van der Waals surface area contributed by atoms with E-state index in [0.29, 0.717) is 12.1 Å². The number of carbonyl (C=O) groups is 2. The molecule has 0 radical (unpaired) electrons. The van der Waals surface area contributed by atoms with Crippen molar-refractivity contribution < 1.29 is 9.59 Å². The van der Waals surface area contributed by atoms with E-state index in [-0.39, 0.29) is 18.2 Å². The zero-order valence-corrected chi connectivity index (χ0v) is 18.7. The molecule has 8 heteroatoms. The number of anilines is 2. The molecule has 1 fully saturated rings. The Morgan fingerprint density at radius 3 is 2.87 bits per heavy atom. The molecule has 0 bridgehead atoms. The standard InChI is InChI=1S/C23H29N5O2S/c1-2-3-9-20(26-21(29)15-18-16-28-12-13-31-23(28)25-18)22(30)24-17-7-6-8-19(14-17)27-10-4-5-11-27/h6-8,12-14,16,20H,2-5,9-11,15H2,1H3,(H,24,30)(H,26,29). The van der Waals surface area contributed by atoms with Crippen molar-refractivity contribution >= 4 is 39.5 Å². The number of nitrogens with one attached hydrogen (secondary N) is 2. The fraction of sp³-hybridized carbons (Fsp3) is 0.435. The summed E-state index contributed by atoms with van der Waals surface area (Å²) in [4.78, 5) is 33.3. The number of rotatable bonds is 9. The molecule has 164 valence electrons. The first kappa shape index (κ1) is 21.4. The highest BCUT2D eigenvalue weighted by Crippen LogP contribution is 2.23. The fourth-order valence-electron chi connectivity index (χ4n) is 3.93. The number of amides is 2. The highest BCUT2D eigenvalue weighted by atomic mass is 32.1. The predicted molar refractivity (Wildman–Crippen MR) is 125 cm³/mol. The summed E-state index contributed by atoms with van der Waals surface area (Å²) in [6.45, 7) is 4.19. The van der Waals surface area contributed by atoms with Gasteiger partial charge in [0.25, 0.3) is 0 Å². The Kier molecular flexibility index (Phi) is 6.86. The maximum atomic E-state index is 13.0. The van der Waals surface area contributed by atoms with E-state index in [1.165, 1.54) is 24.2 Å². The zero-order chi connectivity index (χ0) is 21.6. The van der Waals surface area contributed by atoms with Gasteiger partial charge in [-0.15, -0.1) is 11.3 Å². The molecular weight excluding hydrogens is 410 g/mol. The molecule has 0 spiro atoms. The Labute approximate surface area is 186 Å². The molecule has 1 aliphatic heterocycles. The molecular formula is C23H29N5O2S. The van der Waals surface area contributed by atoms with Crippen molar-refractivity contribution in [2.24, 2.45) is 0 Å². The molecule has 31 heavy (non-hydrogen) atoms. The molecule has 0 saturated carbocycles. The first-order valence-corrected chi connectivity index (χ1v) is 11.9. The van der Waals surface area contributed by atoms with Crippen molar-refractivity contribution in [3.05, 3.63) is 47.7 Å². The number of aromatic nitrogens is 2. The summed E-state index contributed by atoms with van der Waals surface area (Å²) in [5, 5.41) is 7.88. The molecule has 7 nitrogen and oxygen atoms in total. The maximum absolute atomic E-state index is 13.0. The van der Waals surface area contributed by atoms with Crippen LogP contribution >= 0.6 is 11.3 Å². The number of imidazole rings is 1. The molecule has 1 atom stereocenters. The maximum Gasteiger partial charge on any atom is 0.246 e. The quantitative estimate of drug-likeness (QED) is 0.531. The SMILES string of the molecule is CCCCC(NC(=O)Cc1cn2ccsc2n1)C(=O)Nc1cccc(N2CCCC2)c1. The van der Waals surface area contributed by atoms with Crippen molar-refractivity contribution in [3.8, 4) is 0 Å². The smallest absolute Gasteiger partial charge is 0.246 e. The minimum Gasteiger partial charge on any atom is -0.371 e. The van der Waals surface area contributed by atoms with Gasteiger partial charge in [-0.1, -0.05) is 25.8 Å². The first-order valence-electron chi connectivity index (χ1n) is 11.0. The summed E-state index contributed by atoms with van der Waals surface area (Å²) in [6, 6.07) is 7.39. The average Bonchev–Trinajstić information content (AvgIpc) is 3.49. The van der Waals surface area contributed by atoms with Crippen molar-refractivity contribution in [1.82, 2.24) is 14.7 Å². The van der Waals surface area contributed by atoms with Gasteiger partial charge in [0, 0.05) is 42.2 Å². The summed E-state index contributed by atoms with van der Waals surface area (Å²) in [5.74, 6) is -0.362. The van der Waals surface area contributed by atoms with Crippen LogP contribution in [-0.4, -0.2) is 40.3 Å². The van der Waals surface area contributed by atoms with E-state index in [1.807, 2.05) is 40.4 Å². The van der Waals surface area contributed by atoms with Crippen molar-refractivity contribution in [2.45, 2.75) is 51.5 Å². The van der Waals surface area contributed by atoms with Crippen LogP contribution in [0, 0.1) is 0 Å². The molecule has 3 aromatic rings. The van der Waals surface area contributed by atoms with Gasteiger partial charge in [0.05, 0.1) is 12.1 Å². The minimum atomic E-state index is -0.563. The van der Waals surface area contributed by atoms with E-state index in [4.69, 9.17) is 0 Å². The summed E-state index contributed by atoms with van der Waals surface area (Å²) >= 11 is 1.53. The third-order valence-corrected chi connectivity index (χ3v) is 6.34. The van der Waals surface area contributed by atoms with Gasteiger partial charge in [-0.3, -0.25) is 14.0 Å². The number of hydrogen-bond acceptors (Lipinski definition) is 5. The van der Waals surface area contributed by atoms with Crippen molar-refractivity contribution in [2.75, 3.05) is 23.3 Å². The highest BCUT2D eigenvalue weighted by molar-refractivity contribution is 7.15. The largest absolute Gasteiger partial charge is 0.371 e. The van der Waals surface area contributed by atoms with Crippen LogP contribution in [0.5, 0.6) is 0 Å². The lowest BCUT2D eigenvalue weighted by molar-refractivity contribution is -0.126. The zero-order valence-electron chi connectivity index (χ0n) is 17.8. The lowest BCUT2D eigenvalue weighted by atomic mass is 10.1. The summed E-state index contributed by atoms with van der Waals surface area (Å²) < 4.78 is 1.90. The average molecular weight is 440 g/mol. The van der Waals surface area contributed by atoms with Gasteiger partial charge in [-0.05, 0) is 37.5 Å². The van der Waals surface area contributed by atoms with Crippen LogP contribution in [0.25, 0.3) is 4.96 Å². The van der Waals surface area contributed by atoms with E-state index in [0.717, 1.165) is 42.3 Å². The summed E-state index contributed by atoms with van der Waals surface area (Å²) in [5.41, 5.74) is 2.60. The lowest BCUT2D eigenvalue weighted by Crippen LogP contribution is -2.44. The lowest BCUT2D eigenvalue weighted by Gasteiger charge is -2.20. The number of thiazole rings is 1. The first-order chi connectivity index (χ1) is 15.1. The topological polar surface area (TPSA) is 78.7 Å². The summed E-state index contributed by atoms with van der Waals surface area (Å²) in [6.07, 6.45) is 8.78. The number of nitrogens with zero attached hydrogens (tertiary/aromatic N) is 3. The van der Waals surface area contributed by atoms with E-state index in [1.54, 1.807) is 0 Å². The Bertz CT molecular complexity index is 1010. The van der Waals surface area contributed by atoms with E-state index < -0.39 is 6.04 Å². The van der Waals surface area contributed by atoms with Gasteiger partial charge in [0.2, 0.25) is 11.8 Å². The second-order valence-corrected chi connectivity index (χ2v) is 8.87. The Balaban J connectivity index is 1.39. The van der Waals surface area contributed by atoms with Gasteiger partial charge < -0.3 is 15.5 Å². The van der Waals surface area contributed by atoms with Crippen LogP contribution in [0.1, 0.15) is 44.7 Å². The van der Waals surface area contributed by atoms with Crippen LogP contribution in [0.4, 0.5) is 11.4 Å². The second-order valence-electron chi connectivity index (χ2n) is 8.00. The molecule has 1 aliphatic rings. The normalized spacial score (nSPS) is 14.7.